The summed E-state index contributed by atoms with van der Waals surface area (Å²) < 4.78 is 1.81. The highest BCUT2D eigenvalue weighted by Gasteiger charge is 2.24. The van der Waals surface area contributed by atoms with Crippen LogP contribution < -0.4 is 11.1 Å². The SMILES string of the molecule is CCc1cccc(-n2c(N)c(C(=O)NCc3ccc(Cl)cc3)c3nc4ccccc4nc32)c1. The van der Waals surface area contributed by atoms with Crippen LogP contribution in [0, 0.1) is 0 Å². The number of fused-ring (bicyclic) bond motifs is 2. The van der Waals surface area contributed by atoms with Crippen LogP contribution in [0.2, 0.25) is 5.02 Å². The van der Waals surface area contributed by atoms with E-state index in [0.29, 0.717) is 39.6 Å². The van der Waals surface area contributed by atoms with Crippen LogP contribution in [0.25, 0.3) is 27.9 Å². The highest BCUT2D eigenvalue weighted by Crippen LogP contribution is 2.31. The summed E-state index contributed by atoms with van der Waals surface area (Å²) in [5, 5.41) is 3.61. The van der Waals surface area contributed by atoms with Gasteiger partial charge in [0.1, 0.15) is 16.9 Å². The zero-order valence-corrected chi connectivity index (χ0v) is 18.8. The molecule has 0 aliphatic heterocycles. The molecule has 0 fully saturated rings. The number of carbonyl (C=O) groups excluding carboxylic acids is 1. The number of nitrogens with one attached hydrogen (secondary N) is 1. The molecule has 0 unspecified atom stereocenters. The number of nitrogens with two attached hydrogens (primary N) is 1. The minimum Gasteiger partial charge on any atom is -0.384 e. The summed E-state index contributed by atoms with van der Waals surface area (Å²) in [4.78, 5) is 22.9. The standard InChI is InChI=1S/C26H22ClN5O/c1-2-16-6-5-7-19(14-16)32-24(28)22(26(33)29-15-17-10-12-18(27)13-11-17)23-25(32)31-21-9-4-3-8-20(21)30-23/h3-14H,2,15,28H2,1H3,(H,29,33). The van der Waals surface area contributed by atoms with Crippen molar-refractivity contribution in [3.63, 3.8) is 0 Å². The average Bonchev–Trinajstić information content (AvgIpc) is 3.12. The molecule has 164 valence electrons. The van der Waals surface area contributed by atoms with E-state index >= 15 is 0 Å². The number of amides is 1. The number of carbonyl (C=O) groups is 1. The number of nitrogens with zero attached hydrogens (tertiary/aromatic N) is 3. The maximum atomic E-state index is 13.3. The highest BCUT2D eigenvalue weighted by atomic mass is 35.5. The number of benzene rings is 3. The van der Waals surface area contributed by atoms with Crippen molar-refractivity contribution < 1.29 is 4.79 Å². The molecule has 0 atom stereocenters. The average molecular weight is 456 g/mol. The molecule has 7 heteroatoms. The minimum absolute atomic E-state index is 0.303. The molecular formula is C26H22ClN5O. The van der Waals surface area contributed by atoms with Gasteiger partial charge < -0.3 is 11.1 Å². The summed E-state index contributed by atoms with van der Waals surface area (Å²) in [5.74, 6) is 0.00425. The Morgan fingerprint density at radius 1 is 0.970 bits per heavy atom. The summed E-state index contributed by atoms with van der Waals surface area (Å²) >= 11 is 5.96. The molecule has 5 aromatic rings. The van der Waals surface area contributed by atoms with Crippen molar-refractivity contribution >= 4 is 45.5 Å². The Bertz CT molecular complexity index is 1490. The molecule has 1 amide bonds. The van der Waals surface area contributed by atoms with Crippen LogP contribution in [0.4, 0.5) is 5.82 Å². The van der Waals surface area contributed by atoms with Gasteiger partial charge >= 0.3 is 0 Å². The van der Waals surface area contributed by atoms with Gasteiger partial charge in [0.25, 0.3) is 5.91 Å². The fraction of sp³-hybridized carbons (Fsp3) is 0.115. The Hall–Kier alpha value is -3.90. The second-order valence-electron chi connectivity index (χ2n) is 7.81. The summed E-state index contributed by atoms with van der Waals surface area (Å²) in [6.45, 7) is 2.44. The largest absolute Gasteiger partial charge is 0.384 e. The molecule has 6 nitrogen and oxygen atoms in total. The molecule has 0 saturated carbocycles. The van der Waals surface area contributed by atoms with Crippen molar-refractivity contribution in [3.05, 3.63) is 94.5 Å². The zero-order valence-electron chi connectivity index (χ0n) is 18.0. The van der Waals surface area contributed by atoms with Gasteiger partial charge in [0.15, 0.2) is 5.65 Å². The van der Waals surface area contributed by atoms with Crippen molar-refractivity contribution in [1.82, 2.24) is 19.9 Å². The number of hydrogen-bond donors (Lipinski definition) is 2. The van der Waals surface area contributed by atoms with E-state index in [0.717, 1.165) is 28.8 Å². The molecule has 2 heterocycles. The zero-order chi connectivity index (χ0) is 22.9. The van der Waals surface area contributed by atoms with Crippen LogP contribution in [-0.2, 0) is 13.0 Å². The van der Waals surface area contributed by atoms with Gasteiger partial charge in [-0.1, -0.05) is 54.9 Å². The third-order valence-electron chi connectivity index (χ3n) is 5.67. The van der Waals surface area contributed by atoms with E-state index in [4.69, 9.17) is 27.3 Å². The van der Waals surface area contributed by atoms with Gasteiger partial charge in [-0.05, 0) is 53.9 Å². The van der Waals surface area contributed by atoms with Crippen LogP contribution in [0.1, 0.15) is 28.4 Å². The molecule has 2 aromatic heterocycles. The number of hydrogen-bond acceptors (Lipinski definition) is 4. The molecule has 0 aliphatic carbocycles. The first-order valence-corrected chi connectivity index (χ1v) is 11.1. The monoisotopic (exact) mass is 455 g/mol. The van der Waals surface area contributed by atoms with Crippen LogP contribution in [0.5, 0.6) is 0 Å². The van der Waals surface area contributed by atoms with E-state index < -0.39 is 0 Å². The van der Waals surface area contributed by atoms with Crippen LogP contribution in [0.15, 0.2) is 72.8 Å². The fourth-order valence-electron chi connectivity index (χ4n) is 3.94. The lowest BCUT2D eigenvalue weighted by atomic mass is 10.1. The Morgan fingerprint density at radius 2 is 1.70 bits per heavy atom. The fourth-order valence-corrected chi connectivity index (χ4v) is 4.06. The number of aromatic nitrogens is 3. The number of anilines is 1. The highest BCUT2D eigenvalue weighted by molar-refractivity contribution is 6.30. The molecule has 3 aromatic carbocycles. The van der Waals surface area contributed by atoms with Crippen molar-refractivity contribution in [2.75, 3.05) is 5.73 Å². The minimum atomic E-state index is -0.303. The van der Waals surface area contributed by atoms with Gasteiger partial charge in [0, 0.05) is 17.3 Å². The van der Waals surface area contributed by atoms with Crippen molar-refractivity contribution in [2.24, 2.45) is 0 Å². The van der Waals surface area contributed by atoms with Gasteiger partial charge in [-0.25, -0.2) is 9.97 Å². The van der Waals surface area contributed by atoms with E-state index in [1.165, 1.54) is 0 Å². The van der Waals surface area contributed by atoms with Crippen molar-refractivity contribution in [2.45, 2.75) is 19.9 Å². The van der Waals surface area contributed by atoms with Gasteiger partial charge in [-0.2, -0.15) is 0 Å². The van der Waals surface area contributed by atoms with Crippen LogP contribution in [-0.4, -0.2) is 20.4 Å². The first-order valence-electron chi connectivity index (χ1n) is 10.7. The lowest BCUT2D eigenvalue weighted by Gasteiger charge is -2.10. The van der Waals surface area contributed by atoms with Gasteiger partial charge in [-0.3, -0.25) is 9.36 Å². The summed E-state index contributed by atoms with van der Waals surface area (Å²) in [6, 6.07) is 23.0. The van der Waals surface area contributed by atoms with E-state index in [1.807, 2.05) is 53.1 Å². The molecule has 0 radical (unpaired) electrons. The third-order valence-corrected chi connectivity index (χ3v) is 5.92. The van der Waals surface area contributed by atoms with Gasteiger partial charge in [0.2, 0.25) is 0 Å². The number of aryl methyl sites for hydroxylation is 1. The van der Waals surface area contributed by atoms with E-state index in [2.05, 4.69) is 24.4 Å². The van der Waals surface area contributed by atoms with Crippen molar-refractivity contribution in [3.8, 4) is 5.69 Å². The second kappa shape index (κ2) is 8.56. The molecular weight excluding hydrogens is 434 g/mol. The number of rotatable bonds is 5. The lowest BCUT2D eigenvalue weighted by molar-refractivity contribution is 0.0953. The third kappa shape index (κ3) is 3.90. The van der Waals surface area contributed by atoms with Crippen LogP contribution >= 0.6 is 11.6 Å². The van der Waals surface area contributed by atoms with E-state index in [9.17, 15) is 4.79 Å². The summed E-state index contributed by atoms with van der Waals surface area (Å²) in [7, 11) is 0. The first kappa shape index (κ1) is 21.0. The maximum absolute atomic E-state index is 13.3. The molecule has 5 rings (SSSR count). The topological polar surface area (TPSA) is 85.8 Å². The normalized spacial score (nSPS) is 11.2. The smallest absolute Gasteiger partial charge is 0.257 e. The number of para-hydroxylation sites is 2. The predicted octanol–water partition coefficient (Wildman–Crippen LogP) is 5.30. The first-order chi connectivity index (χ1) is 16.0. The van der Waals surface area contributed by atoms with E-state index in [-0.39, 0.29) is 5.91 Å². The Labute approximate surface area is 196 Å². The Kier molecular flexibility index (Phi) is 5.44. The Balaban J connectivity index is 1.65. The lowest BCUT2D eigenvalue weighted by Crippen LogP contribution is -2.24. The number of halogens is 1. The summed E-state index contributed by atoms with van der Waals surface area (Å²) in [5.41, 5.74) is 12.3. The second-order valence-corrected chi connectivity index (χ2v) is 8.25. The predicted molar refractivity (Wildman–Crippen MR) is 133 cm³/mol. The molecule has 0 saturated heterocycles. The van der Waals surface area contributed by atoms with Crippen molar-refractivity contribution in [1.29, 1.82) is 0 Å². The number of nitrogen functional groups attached to an aromatic ring is 1. The maximum Gasteiger partial charge on any atom is 0.257 e. The molecule has 3 N–H and O–H groups in total. The molecule has 0 bridgehead atoms. The molecule has 0 spiro atoms. The summed E-state index contributed by atoms with van der Waals surface area (Å²) in [6.07, 6.45) is 0.885. The van der Waals surface area contributed by atoms with Gasteiger partial charge in [0.05, 0.1) is 11.0 Å². The molecule has 33 heavy (non-hydrogen) atoms. The van der Waals surface area contributed by atoms with E-state index in [1.54, 1.807) is 12.1 Å². The van der Waals surface area contributed by atoms with Gasteiger partial charge in [-0.15, -0.1) is 0 Å². The molecule has 0 aliphatic rings. The Morgan fingerprint density at radius 3 is 2.42 bits per heavy atom. The quantitative estimate of drug-likeness (QED) is 0.376. The van der Waals surface area contributed by atoms with Crippen LogP contribution in [0.3, 0.4) is 0 Å².